The van der Waals surface area contributed by atoms with Crippen LogP contribution in [0.3, 0.4) is 0 Å². The highest BCUT2D eigenvalue weighted by molar-refractivity contribution is 5.99. The average Bonchev–Trinajstić information content (AvgIpc) is 2.39. The van der Waals surface area contributed by atoms with E-state index in [2.05, 4.69) is 11.3 Å². The fourth-order valence-corrected chi connectivity index (χ4v) is 1.91. The summed E-state index contributed by atoms with van der Waals surface area (Å²) in [6.45, 7) is 4.89. The molecular formula is C14H15O4-. The van der Waals surface area contributed by atoms with Gasteiger partial charge >= 0.3 is 5.97 Å². The van der Waals surface area contributed by atoms with E-state index in [-0.39, 0.29) is 0 Å². The largest absolute Gasteiger partial charge is 0.549 e. The van der Waals surface area contributed by atoms with E-state index in [0.29, 0.717) is 5.56 Å². The zero-order chi connectivity index (χ0) is 13.8. The number of allylic oxidation sites excluding steroid dienone is 1. The maximum absolute atomic E-state index is 11.8. The van der Waals surface area contributed by atoms with Gasteiger partial charge in [0, 0.05) is 5.92 Å². The number of methoxy groups -OCH3 is 1. The van der Waals surface area contributed by atoms with Crippen molar-refractivity contribution in [2.24, 2.45) is 5.41 Å². The van der Waals surface area contributed by atoms with E-state index in [1.165, 1.54) is 13.0 Å². The number of carboxylic acids is 1. The van der Waals surface area contributed by atoms with Crippen molar-refractivity contribution in [3.63, 3.8) is 0 Å². The second-order valence-corrected chi connectivity index (χ2v) is 4.11. The first kappa shape index (κ1) is 14.0. The Hall–Kier alpha value is -2.10. The van der Waals surface area contributed by atoms with Crippen molar-refractivity contribution in [3.05, 3.63) is 48.6 Å². The van der Waals surface area contributed by atoms with Gasteiger partial charge in [0.15, 0.2) is 0 Å². The van der Waals surface area contributed by atoms with Gasteiger partial charge < -0.3 is 14.6 Å². The number of benzene rings is 1. The second-order valence-electron chi connectivity index (χ2n) is 4.11. The van der Waals surface area contributed by atoms with Gasteiger partial charge in [0.1, 0.15) is 5.41 Å². The van der Waals surface area contributed by atoms with Gasteiger partial charge in [-0.15, -0.1) is 6.58 Å². The first-order chi connectivity index (χ1) is 8.48. The third-order valence-electron chi connectivity index (χ3n) is 3.05. The fraction of sp³-hybridized carbons (Fsp3) is 0.286. The van der Waals surface area contributed by atoms with Crippen molar-refractivity contribution in [3.8, 4) is 0 Å². The second kappa shape index (κ2) is 5.49. The maximum atomic E-state index is 11.8. The van der Waals surface area contributed by atoms with Crippen molar-refractivity contribution in [1.82, 2.24) is 0 Å². The molecule has 0 fully saturated rings. The van der Waals surface area contributed by atoms with E-state index >= 15 is 0 Å². The summed E-state index contributed by atoms with van der Waals surface area (Å²) >= 11 is 0. The molecule has 0 radical (unpaired) electrons. The summed E-state index contributed by atoms with van der Waals surface area (Å²) in [6.07, 6.45) is 1.42. The van der Waals surface area contributed by atoms with E-state index in [0.717, 1.165) is 7.11 Å². The molecule has 0 aliphatic heterocycles. The van der Waals surface area contributed by atoms with Gasteiger partial charge in [0.2, 0.25) is 0 Å². The molecule has 2 atom stereocenters. The molecule has 1 aromatic carbocycles. The molecule has 0 amide bonds. The highest BCUT2D eigenvalue weighted by Crippen LogP contribution is 2.37. The Labute approximate surface area is 106 Å². The summed E-state index contributed by atoms with van der Waals surface area (Å²) < 4.78 is 4.57. The summed E-state index contributed by atoms with van der Waals surface area (Å²) in [5, 5.41) is 11.3. The maximum Gasteiger partial charge on any atom is 0.318 e. The molecule has 96 valence electrons. The van der Waals surface area contributed by atoms with Crippen LogP contribution in [-0.2, 0) is 14.3 Å². The highest BCUT2D eigenvalue weighted by Gasteiger charge is 2.43. The van der Waals surface area contributed by atoms with Gasteiger partial charge in [-0.1, -0.05) is 36.4 Å². The van der Waals surface area contributed by atoms with Gasteiger partial charge in [0.25, 0.3) is 0 Å². The quantitative estimate of drug-likeness (QED) is 0.440. The van der Waals surface area contributed by atoms with Crippen LogP contribution in [0.15, 0.2) is 43.0 Å². The number of aliphatic carboxylic acids is 1. The molecule has 0 aliphatic rings. The lowest BCUT2D eigenvalue weighted by Crippen LogP contribution is -2.49. The van der Waals surface area contributed by atoms with Crippen LogP contribution in [-0.4, -0.2) is 19.0 Å². The Morgan fingerprint density at radius 2 is 1.94 bits per heavy atom. The summed E-state index contributed by atoms with van der Waals surface area (Å²) in [6, 6.07) is 8.79. The van der Waals surface area contributed by atoms with Crippen LogP contribution in [0.25, 0.3) is 0 Å². The van der Waals surface area contributed by atoms with Gasteiger partial charge in [-0.3, -0.25) is 4.79 Å². The van der Waals surface area contributed by atoms with E-state index in [4.69, 9.17) is 0 Å². The van der Waals surface area contributed by atoms with Gasteiger partial charge in [-0.2, -0.15) is 0 Å². The number of carbonyl (C=O) groups excluding carboxylic acids is 2. The van der Waals surface area contributed by atoms with Crippen LogP contribution in [0.2, 0.25) is 0 Å². The molecule has 0 bridgehead atoms. The summed E-state index contributed by atoms with van der Waals surface area (Å²) in [4.78, 5) is 23.1. The molecule has 4 nitrogen and oxygen atoms in total. The minimum atomic E-state index is -1.79. The van der Waals surface area contributed by atoms with Crippen LogP contribution in [0.4, 0.5) is 0 Å². The Kier molecular flexibility index (Phi) is 4.26. The van der Waals surface area contributed by atoms with Crippen LogP contribution in [0, 0.1) is 5.41 Å². The molecular weight excluding hydrogens is 232 g/mol. The van der Waals surface area contributed by atoms with E-state index in [9.17, 15) is 14.7 Å². The van der Waals surface area contributed by atoms with Crippen LogP contribution < -0.4 is 5.11 Å². The molecule has 0 saturated heterocycles. The molecule has 1 rings (SSSR count). The predicted molar refractivity (Wildman–Crippen MR) is 64.5 cm³/mol. The average molecular weight is 247 g/mol. The van der Waals surface area contributed by atoms with Crippen molar-refractivity contribution in [2.45, 2.75) is 12.8 Å². The molecule has 0 N–H and O–H groups in total. The SMILES string of the molecule is C=CC(c1ccccc1)C(C)(C(=O)[O-])C(=O)OC. The Morgan fingerprint density at radius 3 is 2.33 bits per heavy atom. The van der Waals surface area contributed by atoms with Gasteiger partial charge in [-0.25, -0.2) is 0 Å². The van der Waals surface area contributed by atoms with Gasteiger partial charge in [-0.05, 0) is 12.5 Å². The molecule has 4 heteroatoms. The van der Waals surface area contributed by atoms with E-state index in [1.54, 1.807) is 30.3 Å². The lowest BCUT2D eigenvalue weighted by Gasteiger charge is -2.34. The number of ether oxygens (including phenoxy) is 1. The van der Waals surface area contributed by atoms with Crippen molar-refractivity contribution >= 4 is 11.9 Å². The number of esters is 1. The molecule has 0 spiro atoms. The first-order valence-electron chi connectivity index (χ1n) is 5.45. The molecule has 0 saturated carbocycles. The monoisotopic (exact) mass is 247 g/mol. The first-order valence-corrected chi connectivity index (χ1v) is 5.45. The van der Waals surface area contributed by atoms with E-state index in [1.807, 2.05) is 0 Å². The Balaban J connectivity index is 3.31. The minimum absolute atomic E-state index is 0.671. The molecule has 2 unspecified atom stereocenters. The zero-order valence-electron chi connectivity index (χ0n) is 10.4. The highest BCUT2D eigenvalue weighted by atomic mass is 16.5. The minimum Gasteiger partial charge on any atom is -0.549 e. The molecule has 0 heterocycles. The Morgan fingerprint density at radius 1 is 1.39 bits per heavy atom. The topological polar surface area (TPSA) is 66.4 Å². The fourth-order valence-electron chi connectivity index (χ4n) is 1.91. The third kappa shape index (κ3) is 2.27. The number of carbonyl (C=O) groups is 2. The number of carboxylic acid groups (broad SMARTS) is 1. The molecule has 1 aromatic rings. The van der Waals surface area contributed by atoms with Crippen LogP contribution in [0.5, 0.6) is 0 Å². The number of rotatable bonds is 5. The van der Waals surface area contributed by atoms with Crippen LogP contribution >= 0.6 is 0 Å². The predicted octanol–water partition coefficient (Wildman–Crippen LogP) is 0.885. The third-order valence-corrected chi connectivity index (χ3v) is 3.05. The Bertz CT molecular complexity index is 452. The summed E-state index contributed by atoms with van der Waals surface area (Å²) in [5.74, 6) is -3.05. The number of hydrogen-bond acceptors (Lipinski definition) is 4. The summed E-state index contributed by atoms with van der Waals surface area (Å²) in [5.41, 5.74) is -1.12. The lowest BCUT2D eigenvalue weighted by atomic mass is 9.73. The number of hydrogen-bond donors (Lipinski definition) is 0. The summed E-state index contributed by atoms with van der Waals surface area (Å²) in [7, 11) is 1.15. The normalized spacial score (nSPS) is 15.2. The molecule has 0 aliphatic carbocycles. The standard InChI is InChI=1S/C14H16O4/c1-4-11(10-8-6-5-7-9-10)14(2,12(15)16)13(17)18-3/h4-9,11H,1H2,2-3H3,(H,15,16)/p-1. The van der Waals surface area contributed by atoms with Crippen molar-refractivity contribution in [2.75, 3.05) is 7.11 Å². The molecule has 0 aromatic heterocycles. The van der Waals surface area contributed by atoms with Crippen molar-refractivity contribution in [1.29, 1.82) is 0 Å². The smallest absolute Gasteiger partial charge is 0.318 e. The van der Waals surface area contributed by atoms with Crippen LogP contribution in [0.1, 0.15) is 18.4 Å². The zero-order valence-corrected chi connectivity index (χ0v) is 10.4. The van der Waals surface area contributed by atoms with Crippen molar-refractivity contribution < 1.29 is 19.4 Å². The molecule has 18 heavy (non-hydrogen) atoms. The van der Waals surface area contributed by atoms with Gasteiger partial charge in [0.05, 0.1) is 13.1 Å². The van der Waals surface area contributed by atoms with E-state index < -0.39 is 23.3 Å². The lowest BCUT2D eigenvalue weighted by molar-refractivity contribution is -0.317.